The quantitative estimate of drug-likeness (QED) is 0.683. The van der Waals surface area contributed by atoms with Crippen LogP contribution in [-0.2, 0) is 9.59 Å². The summed E-state index contributed by atoms with van der Waals surface area (Å²) in [4.78, 5) is 28.3. The van der Waals surface area contributed by atoms with Gasteiger partial charge in [-0.15, -0.1) is 0 Å². The van der Waals surface area contributed by atoms with Gasteiger partial charge in [0.25, 0.3) is 0 Å². The molecule has 0 spiro atoms. The maximum atomic E-state index is 12.6. The summed E-state index contributed by atoms with van der Waals surface area (Å²) < 4.78 is 0. The molecule has 0 heterocycles. The number of nitriles is 2. The number of amides is 2. The first-order valence-electron chi connectivity index (χ1n) is 9.52. The van der Waals surface area contributed by atoms with Gasteiger partial charge in [0, 0.05) is 26.9 Å². The molecule has 0 aromatic rings. The van der Waals surface area contributed by atoms with Gasteiger partial charge in [-0.05, 0) is 61.2 Å². The number of rotatable bonds is 6. The van der Waals surface area contributed by atoms with Crippen molar-refractivity contribution in [2.75, 3.05) is 27.2 Å². The van der Waals surface area contributed by atoms with Gasteiger partial charge < -0.3 is 9.80 Å². The standard InChI is InChI=1S/C20H28N4O2/c1-23(5-3-21)17(25)12-19-8-15-7-16(9-19)11-20(10-15,14-19)13-18(26)24(2)6-4-22/h15-16H,5-14H2,1-2H3. The molecule has 0 aliphatic heterocycles. The van der Waals surface area contributed by atoms with Gasteiger partial charge in [0.1, 0.15) is 13.1 Å². The van der Waals surface area contributed by atoms with Gasteiger partial charge in [0.15, 0.2) is 0 Å². The Hall–Kier alpha value is -2.08. The number of hydrogen-bond acceptors (Lipinski definition) is 4. The van der Waals surface area contributed by atoms with E-state index >= 15 is 0 Å². The highest BCUT2D eigenvalue weighted by Crippen LogP contribution is 2.67. The summed E-state index contributed by atoms with van der Waals surface area (Å²) in [6, 6.07) is 4.09. The summed E-state index contributed by atoms with van der Waals surface area (Å²) in [5.74, 6) is 1.33. The molecule has 26 heavy (non-hydrogen) atoms. The summed E-state index contributed by atoms with van der Waals surface area (Å²) in [6.07, 6.45) is 7.50. The molecule has 4 aliphatic carbocycles. The van der Waals surface area contributed by atoms with Crippen LogP contribution in [0.4, 0.5) is 0 Å². The van der Waals surface area contributed by atoms with Gasteiger partial charge >= 0.3 is 0 Å². The Kier molecular flexibility index (Phi) is 4.97. The van der Waals surface area contributed by atoms with Gasteiger partial charge in [-0.25, -0.2) is 0 Å². The number of hydrogen-bond donors (Lipinski definition) is 0. The van der Waals surface area contributed by atoms with E-state index in [0.717, 1.165) is 32.1 Å². The van der Waals surface area contributed by atoms with Crippen LogP contribution in [-0.4, -0.2) is 48.8 Å². The predicted molar refractivity (Wildman–Crippen MR) is 95.3 cm³/mol. The van der Waals surface area contributed by atoms with E-state index in [0.29, 0.717) is 24.7 Å². The van der Waals surface area contributed by atoms with E-state index in [1.165, 1.54) is 16.2 Å². The van der Waals surface area contributed by atoms with Crippen molar-refractivity contribution in [1.29, 1.82) is 10.5 Å². The molecule has 0 unspecified atom stereocenters. The summed E-state index contributed by atoms with van der Waals surface area (Å²) in [5.41, 5.74) is -0.00206. The van der Waals surface area contributed by atoms with E-state index in [2.05, 4.69) is 0 Å². The van der Waals surface area contributed by atoms with Crippen molar-refractivity contribution in [3.05, 3.63) is 0 Å². The molecular weight excluding hydrogens is 328 g/mol. The zero-order chi connectivity index (χ0) is 18.9. The van der Waals surface area contributed by atoms with Crippen LogP contribution in [0.2, 0.25) is 0 Å². The van der Waals surface area contributed by atoms with E-state index in [1.54, 1.807) is 14.1 Å². The third-order valence-electron chi connectivity index (χ3n) is 6.82. The molecule has 140 valence electrons. The number of nitrogens with zero attached hydrogens (tertiary/aromatic N) is 4. The second-order valence-electron chi connectivity index (χ2n) is 9.13. The lowest BCUT2D eigenvalue weighted by Gasteiger charge is -2.62. The molecular formula is C20H28N4O2. The Balaban J connectivity index is 1.74. The fraction of sp³-hybridized carbons (Fsp3) is 0.800. The molecule has 0 saturated heterocycles. The number of carbonyl (C=O) groups is 2. The van der Waals surface area contributed by atoms with Crippen molar-refractivity contribution in [2.24, 2.45) is 22.7 Å². The van der Waals surface area contributed by atoms with Gasteiger partial charge in [-0.2, -0.15) is 10.5 Å². The monoisotopic (exact) mass is 356 g/mol. The molecule has 0 aromatic carbocycles. The highest BCUT2D eigenvalue weighted by atomic mass is 16.2. The molecule has 0 atom stereocenters. The van der Waals surface area contributed by atoms with Crippen molar-refractivity contribution in [3.8, 4) is 12.1 Å². The second kappa shape index (κ2) is 6.91. The van der Waals surface area contributed by atoms with Crippen molar-refractivity contribution in [1.82, 2.24) is 9.80 Å². The first-order valence-corrected chi connectivity index (χ1v) is 9.52. The smallest absolute Gasteiger partial charge is 0.223 e. The van der Waals surface area contributed by atoms with Crippen LogP contribution in [0, 0.1) is 45.3 Å². The molecule has 6 heteroatoms. The first kappa shape index (κ1) is 18.7. The lowest BCUT2D eigenvalue weighted by atomic mass is 9.43. The highest BCUT2D eigenvalue weighted by Gasteiger charge is 2.58. The Bertz CT molecular complexity index is 606. The summed E-state index contributed by atoms with van der Waals surface area (Å²) in [5, 5.41) is 17.7. The molecule has 4 bridgehead atoms. The average Bonchev–Trinajstić information content (AvgIpc) is 2.53. The predicted octanol–water partition coefficient (Wildman–Crippen LogP) is 2.32. The van der Waals surface area contributed by atoms with Crippen LogP contribution in [0.25, 0.3) is 0 Å². The first-order chi connectivity index (χ1) is 12.3. The molecule has 0 N–H and O–H groups in total. The van der Waals surface area contributed by atoms with E-state index in [9.17, 15) is 9.59 Å². The van der Waals surface area contributed by atoms with Crippen LogP contribution < -0.4 is 0 Å². The fourth-order valence-corrected chi connectivity index (χ4v) is 6.36. The SMILES string of the molecule is CN(CC#N)C(=O)CC12CC3CC(C1)CC(CC(=O)N(C)CC#N)(C3)C2. The molecule has 2 amide bonds. The van der Waals surface area contributed by atoms with Crippen LogP contribution in [0.5, 0.6) is 0 Å². The topological polar surface area (TPSA) is 88.2 Å². The Morgan fingerprint density at radius 1 is 0.885 bits per heavy atom. The molecule has 4 fully saturated rings. The highest BCUT2D eigenvalue weighted by molar-refractivity contribution is 5.78. The minimum absolute atomic E-state index is 0.00103. The largest absolute Gasteiger partial charge is 0.332 e. The van der Waals surface area contributed by atoms with Gasteiger partial charge in [0.2, 0.25) is 11.8 Å². The normalized spacial score (nSPS) is 34.0. The molecule has 0 aromatic heterocycles. The van der Waals surface area contributed by atoms with Crippen LogP contribution in [0.15, 0.2) is 0 Å². The van der Waals surface area contributed by atoms with Crippen molar-refractivity contribution >= 4 is 11.8 Å². The minimum atomic E-state index is -0.00103. The van der Waals surface area contributed by atoms with Crippen molar-refractivity contribution in [3.63, 3.8) is 0 Å². The third-order valence-corrected chi connectivity index (χ3v) is 6.82. The van der Waals surface area contributed by atoms with Crippen molar-refractivity contribution < 1.29 is 9.59 Å². The lowest BCUT2D eigenvalue weighted by Crippen LogP contribution is -2.54. The van der Waals surface area contributed by atoms with Gasteiger partial charge in [-0.3, -0.25) is 9.59 Å². The van der Waals surface area contributed by atoms with E-state index < -0.39 is 0 Å². The summed E-state index contributed by atoms with van der Waals surface area (Å²) in [6.45, 7) is 0.259. The lowest BCUT2D eigenvalue weighted by molar-refractivity contribution is -0.153. The molecule has 6 nitrogen and oxygen atoms in total. The van der Waals surface area contributed by atoms with Gasteiger partial charge in [-0.1, -0.05) is 0 Å². The Morgan fingerprint density at radius 3 is 1.62 bits per heavy atom. The molecule has 4 aliphatic rings. The van der Waals surface area contributed by atoms with Crippen molar-refractivity contribution in [2.45, 2.75) is 51.4 Å². The van der Waals surface area contributed by atoms with Crippen LogP contribution >= 0.6 is 0 Å². The maximum absolute atomic E-state index is 12.6. The van der Waals surface area contributed by atoms with E-state index in [-0.39, 0.29) is 35.7 Å². The van der Waals surface area contributed by atoms with Crippen LogP contribution in [0.1, 0.15) is 51.4 Å². The fourth-order valence-electron chi connectivity index (χ4n) is 6.36. The van der Waals surface area contributed by atoms with E-state index in [1.807, 2.05) is 12.1 Å². The Labute approximate surface area is 155 Å². The molecule has 0 radical (unpaired) electrons. The number of carbonyl (C=O) groups excluding carboxylic acids is 2. The summed E-state index contributed by atoms with van der Waals surface area (Å²) >= 11 is 0. The second-order valence-corrected chi connectivity index (χ2v) is 9.13. The molecule has 4 rings (SSSR count). The Morgan fingerprint density at radius 2 is 1.27 bits per heavy atom. The minimum Gasteiger partial charge on any atom is -0.332 e. The average molecular weight is 356 g/mol. The zero-order valence-corrected chi connectivity index (χ0v) is 15.8. The van der Waals surface area contributed by atoms with Gasteiger partial charge in [0.05, 0.1) is 12.1 Å². The zero-order valence-electron chi connectivity index (χ0n) is 15.8. The van der Waals surface area contributed by atoms with E-state index in [4.69, 9.17) is 10.5 Å². The van der Waals surface area contributed by atoms with Crippen LogP contribution in [0.3, 0.4) is 0 Å². The third kappa shape index (κ3) is 3.56. The molecule has 4 saturated carbocycles. The maximum Gasteiger partial charge on any atom is 0.223 e. The summed E-state index contributed by atoms with van der Waals surface area (Å²) in [7, 11) is 3.39.